The number of hydrogen-bond acceptors (Lipinski definition) is 3. The molecule has 1 aliphatic carbocycles. The molecule has 1 aromatic rings. The molecule has 3 rings (SSSR count). The summed E-state index contributed by atoms with van der Waals surface area (Å²) in [5.74, 6) is 3.44. The number of pyridine rings is 1. The van der Waals surface area contributed by atoms with E-state index >= 15 is 0 Å². The molecule has 7 heteroatoms. The molecule has 0 amide bonds. The van der Waals surface area contributed by atoms with Gasteiger partial charge in [0.2, 0.25) is 0 Å². The van der Waals surface area contributed by atoms with Crippen molar-refractivity contribution < 1.29 is 0 Å². The van der Waals surface area contributed by atoms with Crippen LogP contribution in [0.5, 0.6) is 0 Å². The van der Waals surface area contributed by atoms with Crippen molar-refractivity contribution in [2.75, 3.05) is 31.1 Å². The monoisotopic (exact) mass is 463 g/mol. The molecule has 0 radical (unpaired) electrons. The van der Waals surface area contributed by atoms with Crippen LogP contribution in [0.4, 0.5) is 5.82 Å². The molecule has 2 aliphatic rings. The van der Waals surface area contributed by atoms with Gasteiger partial charge in [0.15, 0.2) is 5.96 Å². The first kappa shape index (κ1) is 19.6. The molecule has 2 fully saturated rings. The summed E-state index contributed by atoms with van der Waals surface area (Å²) in [5, 5.41) is 7.63. The number of nitrogens with zero attached hydrogens (tertiary/aromatic N) is 3. The minimum atomic E-state index is 0. The van der Waals surface area contributed by atoms with Gasteiger partial charge in [0.05, 0.1) is 5.02 Å². The first-order valence-corrected chi connectivity index (χ1v) is 8.95. The molecule has 3 unspecified atom stereocenters. The number of halogens is 2. The topological polar surface area (TPSA) is 52.6 Å². The summed E-state index contributed by atoms with van der Waals surface area (Å²) in [6.07, 6.45) is 4.18. The Morgan fingerprint density at radius 2 is 2.29 bits per heavy atom. The van der Waals surface area contributed by atoms with Crippen LogP contribution in [0.15, 0.2) is 23.3 Å². The van der Waals surface area contributed by atoms with E-state index in [-0.39, 0.29) is 24.0 Å². The number of rotatable bonds is 5. The van der Waals surface area contributed by atoms with Gasteiger partial charge in [-0.05, 0) is 43.7 Å². The lowest BCUT2D eigenvalue weighted by molar-refractivity contribution is 0.644. The quantitative estimate of drug-likeness (QED) is 0.400. The zero-order chi connectivity index (χ0) is 16.2. The minimum absolute atomic E-state index is 0. The molecule has 3 atom stereocenters. The second-order valence-corrected chi connectivity index (χ2v) is 6.98. The van der Waals surface area contributed by atoms with Crippen molar-refractivity contribution in [3.8, 4) is 0 Å². The van der Waals surface area contributed by atoms with E-state index in [1.54, 1.807) is 6.20 Å². The standard InChI is InChI=1S/C17H26ClN5.HI/c1-3-19-17(21-10-13-9-12(13)2)22-14-6-8-23(11-14)16-15(18)5-4-7-20-16;/h4-5,7,12-14H,3,6,8-11H2,1-2H3,(H2,19,21,22);1H. The second kappa shape index (κ2) is 9.08. The Balaban J connectivity index is 0.00000208. The van der Waals surface area contributed by atoms with E-state index in [4.69, 9.17) is 16.6 Å². The Bertz CT molecular complexity index is 568. The van der Waals surface area contributed by atoms with E-state index in [0.717, 1.165) is 61.2 Å². The molecule has 5 nitrogen and oxygen atoms in total. The number of nitrogens with one attached hydrogen (secondary N) is 2. The van der Waals surface area contributed by atoms with Gasteiger partial charge in [0.25, 0.3) is 0 Å². The van der Waals surface area contributed by atoms with Gasteiger partial charge in [-0.15, -0.1) is 24.0 Å². The van der Waals surface area contributed by atoms with Crippen molar-refractivity contribution in [1.82, 2.24) is 15.6 Å². The molecule has 0 aromatic carbocycles. The van der Waals surface area contributed by atoms with Crippen LogP contribution in [0.25, 0.3) is 0 Å². The minimum Gasteiger partial charge on any atom is -0.357 e. The summed E-state index contributed by atoms with van der Waals surface area (Å²) in [5.41, 5.74) is 0. The summed E-state index contributed by atoms with van der Waals surface area (Å²) >= 11 is 6.25. The number of aromatic nitrogens is 1. The maximum Gasteiger partial charge on any atom is 0.191 e. The average Bonchev–Trinajstić information content (AvgIpc) is 3.05. The largest absolute Gasteiger partial charge is 0.357 e. The number of hydrogen-bond donors (Lipinski definition) is 2. The Hall–Kier alpha value is -0.760. The average molecular weight is 464 g/mol. The molecular formula is C17H27ClIN5. The van der Waals surface area contributed by atoms with Crippen LogP contribution in [-0.4, -0.2) is 43.2 Å². The third kappa shape index (κ3) is 5.12. The molecule has 1 aliphatic heterocycles. The van der Waals surface area contributed by atoms with Gasteiger partial charge in [0, 0.05) is 38.4 Å². The molecular weight excluding hydrogens is 437 g/mol. The summed E-state index contributed by atoms with van der Waals surface area (Å²) in [6, 6.07) is 4.14. The molecule has 2 N–H and O–H groups in total. The molecule has 24 heavy (non-hydrogen) atoms. The maximum atomic E-state index is 6.25. The second-order valence-electron chi connectivity index (χ2n) is 6.58. The maximum absolute atomic E-state index is 6.25. The molecule has 1 saturated heterocycles. The van der Waals surface area contributed by atoms with E-state index in [1.165, 1.54) is 6.42 Å². The molecule has 1 aromatic heterocycles. The van der Waals surface area contributed by atoms with Crippen LogP contribution in [0.3, 0.4) is 0 Å². The van der Waals surface area contributed by atoms with Crippen LogP contribution >= 0.6 is 35.6 Å². The van der Waals surface area contributed by atoms with E-state index in [0.29, 0.717) is 6.04 Å². The Kier molecular flexibility index (Phi) is 7.40. The lowest BCUT2D eigenvalue weighted by atomic mass is 10.3. The van der Waals surface area contributed by atoms with Crippen LogP contribution in [0, 0.1) is 11.8 Å². The van der Waals surface area contributed by atoms with Crippen molar-refractivity contribution in [2.45, 2.75) is 32.7 Å². The van der Waals surface area contributed by atoms with Gasteiger partial charge in [-0.3, -0.25) is 4.99 Å². The zero-order valence-corrected chi connectivity index (χ0v) is 17.4. The first-order valence-electron chi connectivity index (χ1n) is 8.57. The molecule has 0 spiro atoms. The summed E-state index contributed by atoms with van der Waals surface area (Å²) in [4.78, 5) is 11.4. The van der Waals surface area contributed by atoms with Gasteiger partial charge >= 0.3 is 0 Å². The summed E-state index contributed by atoms with van der Waals surface area (Å²) in [6.45, 7) is 8.08. The predicted molar refractivity (Wildman–Crippen MR) is 112 cm³/mol. The van der Waals surface area contributed by atoms with Crippen molar-refractivity contribution in [2.24, 2.45) is 16.8 Å². The molecule has 1 saturated carbocycles. The highest BCUT2D eigenvalue weighted by Gasteiger charge is 2.32. The summed E-state index contributed by atoms with van der Waals surface area (Å²) < 4.78 is 0. The van der Waals surface area contributed by atoms with Crippen LogP contribution in [-0.2, 0) is 0 Å². The lowest BCUT2D eigenvalue weighted by Crippen LogP contribution is -2.44. The fourth-order valence-corrected chi connectivity index (χ4v) is 3.30. The van der Waals surface area contributed by atoms with Gasteiger partial charge in [-0.1, -0.05) is 18.5 Å². The normalized spacial score (nSPS) is 26.0. The fraction of sp³-hybridized carbons (Fsp3) is 0.647. The van der Waals surface area contributed by atoms with E-state index in [2.05, 4.69) is 34.4 Å². The van der Waals surface area contributed by atoms with Gasteiger partial charge in [-0.2, -0.15) is 0 Å². The van der Waals surface area contributed by atoms with Gasteiger partial charge in [0.1, 0.15) is 5.82 Å². The molecule has 2 heterocycles. The van der Waals surface area contributed by atoms with Crippen molar-refractivity contribution in [3.63, 3.8) is 0 Å². The van der Waals surface area contributed by atoms with Crippen LogP contribution in [0.1, 0.15) is 26.7 Å². The Morgan fingerprint density at radius 1 is 1.50 bits per heavy atom. The van der Waals surface area contributed by atoms with Crippen molar-refractivity contribution >= 4 is 47.4 Å². The smallest absolute Gasteiger partial charge is 0.191 e. The number of anilines is 1. The summed E-state index contributed by atoms with van der Waals surface area (Å²) in [7, 11) is 0. The highest BCUT2D eigenvalue weighted by Crippen LogP contribution is 2.37. The molecule has 0 bridgehead atoms. The highest BCUT2D eigenvalue weighted by atomic mass is 127. The molecule has 134 valence electrons. The van der Waals surface area contributed by atoms with E-state index in [9.17, 15) is 0 Å². The van der Waals surface area contributed by atoms with Gasteiger partial charge in [-0.25, -0.2) is 4.98 Å². The SMILES string of the molecule is CCNC(=NCC1CC1C)NC1CCN(c2ncccc2Cl)C1.I. The van der Waals surface area contributed by atoms with Crippen molar-refractivity contribution in [1.29, 1.82) is 0 Å². The Labute approximate surface area is 166 Å². The van der Waals surface area contributed by atoms with Crippen LogP contribution in [0.2, 0.25) is 5.02 Å². The zero-order valence-electron chi connectivity index (χ0n) is 14.3. The first-order chi connectivity index (χ1) is 11.2. The van der Waals surface area contributed by atoms with Crippen molar-refractivity contribution in [3.05, 3.63) is 23.4 Å². The van der Waals surface area contributed by atoms with E-state index in [1.807, 2.05) is 12.1 Å². The van der Waals surface area contributed by atoms with E-state index < -0.39 is 0 Å². The third-order valence-corrected chi connectivity index (χ3v) is 4.97. The fourth-order valence-electron chi connectivity index (χ4n) is 3.06. The Morgan fingerprint density at radius 3 is 2.96 bits per heavy atom. The third-order valence-electron chi connectivity index (χ3n) is 4.67. The predicted octanol–water partition coefficient (Wildman–Crippen LogP) is 3.14. The lowest BCUT2D eigenvalue weighted by Gasteiger charge is -2.20. The highest BCUT2D eigenvalue weighted by molar-refractivity contribution is 14.0. The van der Waals surface area contributed by atoms with Crippen LogP contribution < -0.4 is 15.5 Å². The number of guanidine groups is 1. The van der Waals surface area contributed by atoms with Gasteiger partial charge < -0.3 is 15.5 Å². The number of aliphatic imine (C=N–C) groups is 1.